The minimum Gasteiger partial charge on any atom is -0.491 e. The Hall–Kier alpha value is -1.26. The summed E-state index contributed by atoms with van der Waals surface area (Å²) in [7, 11) is 0. The summed E-state index contributed by atoms with van der Waals surface area (Å²) in [6.07, 6.45) is 0.0597. The van der Waals surface area contributed by atoms with E-state index < -0.39 is 6.10 Å². The SMILES string of the molecule is CC(C)CN1CC1COc1cccc2c1C(O)CC(C)(C)O2. The Morgan fingerprint density at radius 2 is 2.18 bits per heavy atom. The smallest absolute Gasteiger partial charge is 0.129 e. The summed E-state index contributed by atoms with van der Waals surface area (Å²) >= 11 is 0. The third kappa shape index (κ3) is 3.39. The predicted molar refractivity (Wildman–Crippen MR) is 86.4 cm³/mol. The average molecular weight is 305 g/mol. The highest BCUT2D eigenvalue weighted by Gasteiger charge is 2.37. The molecule has 0 aliphatic carbocycles. The monoisotopic (exact) mass is 305 g/mol. The predicted octanol–water partition coefficient (Wildman–Crippen LogP) is 3.00. The largest absolute Gasteiger partial charge is 0.491 e. The lowest BCUT2D eigenvalue weighted by atomic mass is 9.91. The van der Waals surface area contributed by atoms with Crippen LogP contribution in [-0.4, -0.2) is 41.3 Å². The minimum atomic E-state index is -0.527. The topological polar surface area (TPSA) is 41.7 Å². The molecule has 0 bridgehead atoms. The van der Waals surface area contributed by atoms with Crippen molar-refractivity contribution in [3.8, 4) is 11.5 Å². The summed E-state index contributed by atoms with van der Waals surface area (Å²) in [5, 5.41) is 10.5. The first-order valence-electron chi connectivity index (χ1n) is 8.22. The second-order valence-corrected chi connectivity index (χ2v) is 7.56. The maximum atomic E-state index is 10.5. The Labute approximate surface area is 133 Å². The van der Waals surface area contributed by atoms with Gasteiger partial charge in [-0.1, -0.05) is 19.9 Å². The van der Waals surface area contributed by atoms with Crippen molar-refractivity contribution < 1.29 is 14.6 Å². The summed E-state index contributed by atoms with van der Waals surface area (Å²) in [4.78, 5) is 2.43. The van der Waals surface area contributed by atoms with Gasteiger partial charge >= 0.3 is 0 Å². The van der Waals surface area contributed by atoms with E-state index in [9.17, 15) is 5.11 Å². The number of hydrogen-bond acceptors (Lipinski definition) is 4. The molecule has 3 atom stereocenters. The maximum absolute atomic E-state index is 10.5. The molecule has 1 aromatic rings. The first-order valence-corrected chi connectivity index (χ1v) is 8.22. The van der Waals surface area contributed by atoms with Crippen molar-refractivity contribution in [2.24, 2.45) is 5.92 Å². The van der Waals surface area contributed by atoms with Crippen molar-refractivity contribution in [3.05, 3.63) is 23.8 Å². The third-order valence-corrected chi connectivity index (χ3v) is 4.29. The molecular formula is C18H27NO3. The number of ether oxygens (including phenoxy) is 2. The Balaban J connectivity index is 1.66. The summed E-state index contributed by atoms with van der Waals surface area (Å²) in [6, 6.07) is 6.28. The molecule has 0 amide bonds. The van der Waals surface area contributed by atoms with Crippen LogP contribution < -0.4 is 9.47 Å². The van der Waals surface area contributed by atoms with Crippen molar-refractivity contribution >= 4 is 0 Å². The van der Waals surface area contributed by atoms with Gasteiger partial charge in [-0.3, -0.25) is 4.90 Å². The molecule has 2 aliphatic rings. The number of rotatable bonds is 5. The fourth-order valence-corrected chi connectivity index (χ4v) is 3.23. The van der Waals surface area contributed by atoms with Crippen LogP contribution in [-0.2, 0) is 0 Å². The van der Waals surface area contributed by atoms with Gasteiger partial charge in [0.1, 0.15) is 23.7 Å². The first kappa shape index (κ1) is 15.6. The molecule has 1 saturated heterocycles. The molecule has 22 heavy (non-hydrogen) atoms. The second kappa shape index (κ2) is 5.74. The average Bonchev–Trinajstić information content (AvgIpc) is 3.11. The lowest BCUT2D eigenvalue weighted by molar-refractivity contribution is 0.00960. The Morgan fingerprint density at radius 1 is 1.41 bits per heavy atom. The highest BCUT2D eigenvalue weighted by molar-refractivity contribution is 5.48. The number of aliphatic hydroxyl groups is 1. The second-order valence-electron chi connectivity index (χ2n) is 7.56. The molecule has 0 saturated carbocycles. The molecule has 1 fully saturated rings. The van der Waals surface area contributed by atoms with Gasteiger partial charge in [-0.2, -0.15) is 0 Å². The van der Waals surface area contributed by atoms with Crippen LogP contribution in [0, 0.1) is 5.92 Å². The number of benzene rings is 1. The molecule has 3 unspecified atom stereocenters. The van der Waals surface area contributed by atoms with Gasteiger partial charge in [0.2, 0.25) is 0 Å². The maximum Gasteiger partial charge on any atom is 0.129 e. The van der Waals surface area contributed by atoms with E-state index in [-0.39, 0.29) is 5.60 Å². The van der Waals surface area contributed by atoms with Gasteiger partial charge in [0.15, 0.2) is 0 Å². The van der Waals surface area contributed by atoms with Gasteiger partial charge in [-0.25, -0.2) is 0 Å². The minimum absolute atomic E-state index is 0.338. The van der Waals surface area contributed by atoms with Gasteiger partial charge in [0, 0.05) is 19.5 Å². The van der Waals surface area contributed by atoms with E-state index in [1.54, 1.807) is 0 Å². The molecule has 4 nitrogen and oxygen atoms in total. The summed E-state index contributed by atoms with van der Waals surface area (Å²) in [5.74, 6) is 2.19. The van der Waals surface area contributed by atoms with Crippen molar-refractivity contribution in [2.75, 3.05) is 19.7 Å². The number of fused-ring (bicyclic) bond motifs is 1. The van der Waals surface area contributed by atoms with E-state index in [1.807, 2.05) is 32.0 Å². The Kier molecular flexibility index (Phi) is 4.08. The highest BCUT2D eigenvalue weighted by atomic mass is 16.5. The van der Waals surface area contributed by atoms with Gasteiger partial charge in [-0.05, 0) is 31.9 Å². The van der Waals surface area contributed by atoms with Crippen LogP contribution in [0.1, 0.15) is 45.8 Å². The van der Waals surface area contributed by atoms with Crippen LogP contribution in [0.5, 0.6) is 11.5 Å². The van der Waals surface area contributed by atoms with Crippen LogP contribution in [0.25, 0.3) is 0 Å². The van der Waals surface area contributed by atoms with E-state index in [4.69, 9.17) is 9.47 Å². The number of nitrogens with zero attached hydrogens (tertiary/aromatic N) is 1. The fraction of sp³-hybridized carbons (Fsp3) is 0.667. The van der Waals surface area contributed by atoms with Crippen LogP contribution in [0.15, 0.2) is 18.2 Å². The van der Waals surface area contributed by atoms with Crippen LogP contribution in [0.4, 0.5) is 0 Å². The normalized spacial score (nSPS) is 28.9. The first-order chi connectivity index (χ1) is 10.4. The number of aliphatic hydroxyl groups excluding tert-OH is 1. The lowest BCUT2D eigenvalue weighted by Crippen LogP contribution is -2.35. The zero-order chi connectivity index (χ0) is 15.9. The lowest BCUT2D eigenvalue weighted by Gasteiger charge is -2.36. The zero-order valence-corrected chi connectivity index (χ0v) is 14.0. The Morgan fingerprint density at radius 3 is 2.91 bits per heavy atom. The molecule has 0 aromatic heterocycles. The van der Waals surface area contributed by atoms with Crippen LogP contribution in [0.3, 0.4) is 0 Å². The Bertz CT molecular complexity index is 541. The van der Waals surface area contributed by atoms with E-state index in [1.165, 1.54) is 0 Å². The van der Waals surface area contributed by atoms with Crippen molar-refractivity contribution in [2.45, 2.75) is 51.9 Å². The fourth-order valence-electron chi connectivity index (χ4n) is 3.23. The summed E-state index contributed by atoms with van der Waals surface area (Å²) in [5.41, 5.74) is 0.466. The highest BCUT2D eigenvalue weighted by Crippen LogP contribution is 2.44. The van der Waals surface area contributed by atoms with E-state index in [0.717, 1.165) is 30.2 Å². The van der Waals surface area contributed by atoms with E-state index >= 15 is 0 Å². The van der Waals surface area contributed by atoms with Crippen molar-refractivity contribution in [3.63, 3.8) is 0 Å². The van der Waals surface area contributed by atoms with Gasteiger partial charge in [0.05, 0.1) is 17.7 Å². The molecule has 1 N–H and O–H groups in total. The summed E-state index contributed by atoms with van der Waals surface area (Å²) < 4.78 is 12.0. The zero-order valence-electron chi connectivity index (χ0n) is 14.0. The summed E-state index contributed by atoms with van der Waals surface area (Å²) in [6.45, 7) is 11.4. The van der Waals surface area contributed by atoms with E-state index in [2.05, 4.69) is 18.7 Å². The quantitative estimate of drug-likeness (QED) is 0.849. The molecule has 2 aliphatic heterocycles. The standard InChI is InChI=1S/C18H27NO3/c1-12(2)9-19-10-13(19)11-21-15-6-5-7-16-17(15)14(20)8-18(3,4)22-16/h5-7,12-14,20H,8-11H2,1-4H3. The molecule has 122 valence electrons. The molecule has 4 heteroatoms. The molecule has 3 rings (SSSR count). The molecular weight excluding hydrogens is 278 g/mol. The van der Waals surface area contributed by atoms with Crippen molar-refractivity contribution in [1.82, 2.24) is 4.90 Å². The third-order valence-electron chi connectivity index (χ3n) is 4.29. The van der Waals surface area contributed by atoms with Gasteiger partial charge < -0.3 is 14.6 Å². The molecule has 0 radical (unpaired) electrons. The van der Waals surface area contributed by atoms with Gasteiger partial charge in [-0.15, -0.1) is 0 Å². The molecule has 1 aromatic carbocycles. The van der Waals surface area contributed by atoms with Gasteiger partial charge in [0.25, 0.3) is 0 Å². The van der Waals surface area contributed by atoms with Crippen LogP contribution in [0.2, 0.25) is 0 Å². The van der Waals surface area contributed by atoms with E-state index in [0.29, 0.717) is 25.0 Å². The van der Waals surface area contributed by atoms with Crippen molar-refractivity contribution in [1.29, 1.82) is 0 Å². The molecule has 0 spiro atoms. The van der Waals surface area contributed by atoms with Crippen LogP contribution >= 0.6 is 0 Å². The number of hydrogen-bond donors (Lipinski definition) is 1. The molecule has 2 heterocycles.